The fourth-order valence-corrected chi connectivity index (χ4v) is 0. The Kier molecular flexibility index (Phi) is 40.5. The number of nitrogens with one attached hydrogen (secondary N) is 1. The van der Waals surface area contributed by atoms with E-state index in [9.17, 15) is 0 Å². The van der Waals surface area contributed by atoms with E-state index in [1.807, 2.05) is 0 Å². The van der Waals surface area contributed by atoms with Crippen LogP contribution < -0.4 is 0 Å². The zero-order valence-electron chi connectivity index (χ0n) is 3.56. The van der Waals surface area contributed by atoms with E-state index in [1.54, 1.807) is 6.92 Å². The summed E-state index contributed by atoms with van der Waals surface area (Å²) in [6.07, 6.45) is 0.750. The molecule has 0 saturated carbocycles. The van der Waals surface area contributed by atoms with Crippen molar-refractivity contribution in [3.05, 3.63) is 0 Å². The summed E-state index contributed by atoms with van der Waals surface area (Å²) in [5.41, 5.74) is 0. The van der Waals surface area contributed by atoms with Crippen LogP contribution in [0.2, 0.25) is 0 Å². The molecule has 36 valence electrons. The van der Waals surface area contributed by atoms with Gasteiger partial charge in [0.2, 0.25) is 6.08 Å². The number of aliphatic hydroxyl groups excluding tert-OH is 1. The van der Waals surface area contributed by atoms with Gasteiger partial charge >= 0.3 is 0 Å². The van der Waals surface area contributed by atoms with E-state index in [-0.39, 0.29) is 6.61 Å². The third-order valence-corrected chi connectivity index (χ3v) is 0. The predicted molar refractivity (Wildman–Crippen MR) is 21.2 cm³/mol. The molecule has 0 heterocycles. The molecular weight excluding hydrogens is 82.0 g/mol. The number of rotatable bonds is 0. The van der Waals surface area contributed by atoms with Crippen LogP contribution in [0.5, 0.6) is 0 Å². The van der Waals surface area contributed by atoms with Gasteiger partial charge in [-0.25, -0.2) is 10.2 Å². The van der Waals surface area contributed by atoms with Crippen molar-refractivity contribution in [1.29, 1.82) is 5.41 Å². The quantitative estimate of drug-likeness (QED) is 0.321. The van der Waals surface area contributed by atoms with E-state index in [0.717, 1.165) is 6.08 Å². The molecule has 0 aromatic heterocycles. The summed E-state index contributed by atoms with van der Waals surface area (Å²) in [6, 6.07) is 0. The molecule has 0 aliphatic rings. The van der Waals surface area contributed by atoms with Gasteiger partial charge in [0.25, 0.3) is 0 Å². The minimum Gasteiger partial charge on any atom is -0.397 e. The summed E-state index contributed by atoms with van der Waals surface area (Å²) in [5, 5.41) is 13.0. The molecule has 2 N–H and O–H groups in total. The van der Waals surface area contributed by atoms with Crippen molar-refractivity contribution >= 4 is 6.08 Å². The minimum absolute atomic E-state index is 0.250. The minimum atomic E-state index is 0.250. The molecule has 0 rings (SSSR count). The van der Waals surface area contributed by atoms with Gasteiger partial charge in [-0.05, 0) is 6.92 Å². The molecule has 0 aromatic rings. The zero-order chi connectivity index (χ0) is 5.41. The Morgan fingerprint density at radius 2 is 2.00 bits per heavy atom. The second-order valence-corrected chi connectivity index (χ2v) is 0.418. The van der Waals surface area contributed by atoms with E-state index in [1.165, 1.54) is 0 Å². The maximum Gasteiger partial charge on any atom is 0.231 e. The molecule has 3 nitrogen and oxygen atoms in total. The number of hydrogen-bond donors (Lipinski definition) is 2. The average molecular weight is 89.1 g/mol. The number of isocyanates is 1. The van der Waals surface area contributed by atoms with Crippen LogP contribution in [-0.4, -0.2) is 17.8 Å². The maximum absolute atomic E-state index is 8.35. The van der Waals surface area contributed by atoms with Crippen molar-refractivity contribution in [1.82, 2.24) is 0 Å². The van der Waals surface area contributed by atoms with Crippen LogP contribution in [0.3, 0.4) is 0 Å². The Morgan fingerprint density at radius 1 is 2.00 bits per heavy atom. The van der Waals surface area contributed by atoms with Crippen molar-refractivity contribution in [2.75, 3.05) is 6.61 Å². The third kappa shape index (κ3) is 42.0. The summed E-state index contributed by atoms with van der Waals surface area (Å²) >= 11 is 0. The lowest BCUT2D eigenvalue weighted by molar-refractivity contribution is 0.318. The van der Waals surface area contributed by atoms with Gasteiger partial charge in [0, 0.05) is 6.61 Å². The summed E-state index contributed by atoms with van der Waals surface area (Å²) in [6.45, 7) is 1.93. The van der Waals surface area contributed by atoms with E-state index >= 15 is 0 Å². The summed E-state index contributed by atoms with van der Waals surface area (Å²) in [7, 11) is 0. The van der Waals surface area contributed by atoms with Gasteiger partial charge in [-0.1, -0.05) is 0 Å². The molecule has 0 aliphatic carbocycles. The molecule has 0 bridgehead atoms. The first-order valence-corrected chi connectivity index (χ1v) is 1.48. The number of aliphatic hydroxyl groups is 1. The van der Waals surface area contributed by atoms with Crippen LogP contribution in [0.15, 0.2) is 0 Å². The van der Waals surface area contributed by atoms with E-state index in [2.05, 4.69) is 0 Å². The smallest absolute Gasteiger partial charge is 0.231 e. The van der Waals surface area contributed by atoms with E-state index in [0.29, 0.717) is 0 Å². The van der Waals surface area contributed by atoms with Gasteiger partial charge < -0.3 is 5.11 Å². The summed E-state index contributed by atoms with van der Waals surface area (Å²) in [4.78, 5) is 8.35. The van der Waals surface area contributed by atoms with Crippen LogP contribution in [0.25, 0.3) is 0 Å². The van der Waals surface area contributed by atoms with Gasteiger partial charge in [-0.2, -0.15) is 0 Å². The molecule has 0 unspecified atom stereocenters. The SMILES string of the molecule is CCO.N=C=O. The Morgan fingerprint density at radius 3 is 2.00 bits per heavy atom. The molecule has 0 aliphatic heterocycles. The van der Waals surface area contributed by atoms with Gasteiger partial charge in [-0.15, -0.1) is 0 Å². The van der Waals surface area contributed by atoms with Crippen LogP contribution >= 0.6 is 0 Å². The molecule has 3 heteroatoms. The second-order valence-electron chi connectivity index (χ2n) is 0.418. The molecule has 0 fully saturated rings. The summed E-state index contributed by atoms with van der Waals surface area (Å²) < 4.78 is 0. The fraction of sp³-hybridized carbons (Fsp3) is 0.667. The first-order chi connectivity index (χ1) is 2.83. The fourth-order valence-electron chi connectivity index (χ4n) is 0. The monoisotopic (exact) mass is 89.0 g/mol. The average Bonchev–Trinajstić information content (AvgIpc) is 1.39. The Balaban J connectivity index is 0. The molecule has 0 aromatic carbocycles. The normalized spacial score (nSPS) is 4.33. The van der Waals surface area contributed by atoms with Crippen molar-refractivity contribution < 1.29 is 9.90 Å². The first kappa shape index (κ1) is 9.02. The van der Waals surface area contributed by atoms with Crippen LogP contribution in [0, 0.1) is 5.41 Å². The zero-order valence-corrected chi connectivity index (χ0v) is 3.56. The maximum atomic E-state index is 8.35. The van der Waals surface area contributed by atoms with Crippen LogP contribution in [0.4, 0.5) is 0 Å². The molecule has 0 saturated heterocycles. The Bertz CT molecular complexity index is 38.1. The highest BCUT2D eigenvalue weighted by Crippen LogP contribution is 1.30. The highest BCUT2D eigenvalue weighted by atomic mass is 16.2. The highest BCUT2D eigenvalue weighted by molar-refractivity contribution is 5.26. The lowest BCUT2D eigenvalue weighted by atomic mass is 10.9. The highest BCUT2D eigenvalue weighted by Gasteiger charge is 1.34. The molecule has 6 heavy (non-hydrogen) atoms. The predicted octanol–water partition coefficient (Wildman–Crippen LogP) is -0.100. The van der Waals surface area contributed by atoms with Crippen molar-refractivity contribution in [2.45, 2.75) is 6.92 Å². The molecule has 0 amide bonds. The third-order valence-electron chi connectivity index (χ3n) is 0. The van der Waals surface area contributed by atoms with Gasteiger partial charge in [-0.3, -0.25) is 0 Å². The molecule has 0 spiro atoms. The van der Waals surface area contributed by atoms with E-state index < -0.39 is 0 Å². The topological polar surface area (TPSA) is 61.1 Å². The largest absolute Gasteiger partial charge is 0.397 e. The number of carbonyl (C=O) groups excluding carboxylic acids is 1. The Labute approximate surface area is 36.1 Å². The van der Waals surface area contributed by atoms with Gasteiger partial charge in [0.1, 0.15) is 0 Å². The van der Waals surface area contributed by atoms with Gasteiger partial charge in [0.05, 0.1) is 0 Å². The molecule has 0 atom stereocenters. The van der Waals surface area contributed by atoms with Crippen LogP contribution in [0.1, 0.15) is 6.92 Å². The second kappa shape index (κ2) is 27.0. The first-order valence-electron chi connectivity index (χ1n) is 1.48. The number of hydrogen-bond acceptors (Lipinski definition) is 3. The van der Waals surface area contributed by atoms with Gasteiger partial charge in [0.15, 0.2) is 0 Å². The summed E-state index contributed by atoms with van der Waals surface area (Å²) in [5.74, 6) is 0. The van der Waals surface area contributed by atoms with Crippen molar-refractivity contribution in [2.24, 2.45) is 0 Å². The Hall–Kier alpha value is -0.660. The molecular formula is C3H7NO2. The van der Waals surface area contributed by atoms with E-state index in [4.69, 9.17) is 15.3 Å². The molecule has 0 radical (unpaired) electrons. The van der Waals surface area contributed by atoms with Crippen LogP contribution in [-0.2, 0) is 4.79 Å². The van der Waals surface area contributed by atoms with Crippen molar-refractivity contribution in [3.63, 3.8) is 0 Å². The lowest BCUT2D eigenvalue weighted by Crippen LogP contribution is -1.57. The van der Waals surface area contributed by atoms with Crippen molar-refractivity contribution in [3.8, 4) is 0 Å². The lowest BCUT2D eigenvalue weighted by Gasteiger charge is -1.52. The standard InChI is InChI=1S/C2H6O.CHNO/c1-2-3;2-1-3/h3H,2H2,1H3;2H.